The highest BCUT2D eigenvalue weighted by atomic mass is 16.5. The summed E-state index contributed by atoms with van der Waals surface area (Å²) in [5.74, 6) is 0.413. The Morgan fingerprint density at radius 3 is 2.50 bits per heavy atom. The minimum absolute atomic E-state index is 0.327. The van der Waals surface area contributed by atoms with E-state index in [1.54, 1.807) is 12.1 Å². The van der Waals surface area contributed by atoms with Crippen molar-refractivity contribution in [3.63, 3.8) is 0 Å². The molecule has 2 rings (SSSR count). The number of benzene rings is 1. The molecule has 0 aliphatic rings. The molecule has 0 fully saturated rings. The number of ether oxygens (including phenoxy) is 1. The Morgan fingerprint density at radius 2 is 1.88 bits per heavy atom. The Morgan fingerprint density at radius 1 is 1.19 bits per heavy atom. The van der Waals surface area contributed by atoms with E-state index in [-0.39, 0.29) is 0 Å². The predicted octanol–water partition coefficient (Wildman–Crippen LogP) is 0.232. The van der Waals surface area contributed by atoms with Gasteiger partial charge < -0.3 is 14.8 Å². The van der Waals surface area contributed by atoms with Crippen molar-refractivity contribution in [2.24, 2.45) is 0 Å². The number of pyridine rings is 1. The molecule has 0 bridgehead atoms. The van der Waals surface area contributed by atoms with Crippen LogP contribution in [0, 0.1) is 6.92 Å². The van der Waals surface area contributed by atoms with Crippen molar-refractivity contribution >= 4 is 23.5 Å². The molecule has 16 heavy (non-hydrogen) atoms. The minimum atomic E-state index is -1.55. The van der Waals surface area contributed by atoms with Crippen molar-refractivity contribution < 1.29 is 14.8 Å². The summed E-state index contributed by atoms with van der Waals surface area (Å²) in [5.41, 5.74) is 1.83. The summed E-state index contributed by atoms with van der Waals surface area (Å²) in [6, 6.07) is 7.24. The topological polar surface area (TPSA) is 62.6 Å². The highest BCUT2D eigenvalue weighted by Crippen LogP contribution is 2.22. The Balaban J connectivity index is 2.78. The normalized spacial score (nSPS) is 10.5. The molecule has 2 N–H and O–H groups in total. The Hall–Kier alpha value is -1.59. The molecule has 2 aromatic rings. The molecule has 0 saturated carbocycles. The van der Waals surface area contributed by atoms with Crippen LogP contribution in [-0.4, -0.2) is 29.3 Å². The Kier molecular flexibility index (Phi) is 2.81. The Labute approximate surface area is 93.7 Å². The number of methoxy groups -OCH3 is 1. The molecule has 0 spiro atoms. The van der Waals surface area contributed by atoms with Crippen LogP contribution in [0.1, 0.15) is 5.69 Å². The second-order valence-electron chi connectivity index (χ2n) is 3.59. The van der Waals surface area contributed by atoms with Gasteiger partial charge in [-0.15, -0.1) is 0 Å². The van der Waals surface area contributed by atoms with Gasteiger partial charge in [-0.05, 0) is 13.0 Å². The molecule has 1 aromatic heterocycles. The maximum absolute atomic E-state index is 9.21. The summed E-state index contributed by atoms with van der Waals surface area (Å²) >= 11 is 0. The maximum Gasteiger partial charge on any atom is 0.492 e. The van der Waals surface area contributed by atoms with Crippen molar-refractivity contribution in [2.45, 2.75) is 6.92 Å². The van der Waals surface area contributed by atoms with E-state index in [1.807, 2.05) is 19.1 Å². The molecule has 82 valence electrons. The predicted molar refractivity (Wildman–Crippen MR) is 62.9 cm³/mol. The Bertz CT molecular complexity index is 528. The van der Waals surface area contributed by atoms with Gasteiger partial charge in [0.1, 0.15) is 11.3 Å². The molecule has 1 heterocycles. The largest absolute Gasteiger partial charge is 0.495 e. The SMILES string of the molecule is COc1c(B(O)O)ccc2ccc(C)nc12. The first-order chi connectivity index (χ1) is 7.63. The number of aromatic nitrogens is 1. The second-order valence-corrected chi connectivity index (χ2v) is 3.59. The molecular formula is C11H12BNO3. The van der Waals surface area contributed by atoms with Gasteiger partial charge in [0.05, 0.1) is 7.11 Å². The summed E-state index contributed by atoms with van der Waals surface area (Å²) < 4.78 is 5.19. The molecule has 0 aliphatic heterocycles. The molecule has 0 aliphatic carbocycles. The van der Waals surface area contributed by atoms with Crippen LogP contribution in [0.4, 0.5) is 0 Å². The lowest BCUT2D eigenvalue weighted by molar-refractivity contribution is 0.405. The molecule has 5 heteroatoms. The van der Waals surface area contributed by atoms with Crippen LogP contribution >= 0.6 is 0 Å². The van der Waals surface area contributed by atoms with E-state index in [4.69, 9.17) is 4.74 Å². The lowest BCUT2D eigenvalue weighted by Gasteiger charge is -2.10. The third kappa shape index (κ3) is 1.75. The van der Waals surface area contributed by atoms with Crippen LogP contribution in [-0.2, 0) is 0 Å². The zero-order valence-corrected chi connectivity index (χ0v) is 9.14. The van der Waals surface area contributed by atoms with E-state index >= 15 is 0 Å². The zero-order valence-electron chi connectivity index (χ0n) is 9.14. The highest BCUT2D eigenvalue weighted by Gasteiger charge is 2.19. The standard InChI is InChI=1S/C11H12BNO3/c1-7-3-4-8-5-6-9(12(14)15)11(16-2)10(8)13-7/h3-6,14-15H,1-2H3. The minimum Gasteiger partial charge on any atom is -0.495 e. The van der Waals surface area contributed by atoms with Gasteiger partial charge in [-0.3, -0.25) is 0 Å². The van der Waals surface area contributed by atoms with E-state index in [9.17, 15) is 10.0 Å². The van der Waals surface area contributed by atoms with Crippen molar-refractivity contribution in [2.75, 3.05) is 7.11 Å². The van der Waals surface area contributed by atoms with Crippen LogP contribution in [0.2, 0.25) is 0 Å². The molecule has 0 amide bonds. The average molecular weight is 217 g/mol. The smallest absolute Gasteiger partial charge is 0.492 e. The van der Waals surface area contributed by atoms with E-state index in [2.05, 4.69) is 4.98 Å². The summed E-state index contributed by atoms with van der Waals surface area (Å²) in [6.07, 6.45) is 0. The first-order valence-electron chi connectivity index (χ1n) is 4.94. The van der Waals surface area contributed by atoms with Crippen LogP contribution in [0.25, 0.3) is 10.9 Å². The monoisotopic (exact) mass is 217 g/mol. The van der Waals surface area contributed by atoms with Crippen molar-refractivity contribution in [3.8, 4) is 5.75 Å². The van der Waals surface area contributed by atoms with Crippen LogP contribution < -0.4 is 10.2 Å². The number of fused-ring (bicyclic) bond motifs is 1. The highest BCUT2D eigenvalue weighted by molar-refractivity contribution is 6.60. The van der Waals surface area contributed by atoms with Gasteiger partial charge in [0.2, 0.25) is 0 Å². The van der Waals surface area contributed by atoms with E-state index in [0.717, 1.165) is 11.1 Å². The van der Waals surface area contributed by atoms with Crippen molar-refractivity contribution in [3.05, 3.63) is 30.0 Å². The third-order valence-corrected chi connectivity index (χ3v) is 2.47. The van der Waals surface area contributed by atoms with E-state index < -0.39 is 7.12 Å². The van der Waals surface area contributed by atoms with Gasteiger partial charge in [-0.25, -0.2) is 4.98 Å². The molecule has 1 aromatic carbocycles. The van der Waals surface area contributed by atoms with Gasteiger partial charge in [-0.2, -0.15) is 0 Å². The van der Waals surface area contributed by atoms with Gasteiger partial charge in [0.15, 0.2) is 0 Å². The fourth-order valence-corrected chi connectivity index (χ4v) is 1.69. The maximum atomic E-state index is 9.21. The lowest BCUT2D eigenvalue weighted by atomic mass is 9.79. The fraction of sp³-hybridized carbons (Fsp3) is 0.182. The number of hydrogen-bond acceptors (Lipinski definition) is 4. The van der Waals surface area contributed by atoms with Gasteiger partial charge in [0.25, 0.3) is 0 Å². The van der Waals surface area contributed by atoms with E-state index in [1.165, 1.54) is 7.11 Å². The first kappa shape index (κ1) is 10.9. The van der Waals surface area contributed by atoms with Crippen LogP contribution in [0.3, 0.4) is 0 Å². The van der Waals surface area contributed by atoms with Crippen LogP contribution in [0.15, 0.2) is 24.3 Å². The summed E-state index contributed by atoms with van der Waals surface area (Å²) in [5, 5.41) is 19.3. The average Bonchev–Trinajstić information content (AvgIpc) is 2.27. The van der Waals surface area contributed by atoms with Gasteiger partial charge in [0, 0.05) is 16.5 Å². The number of nitrogens with zero attached hydrogens (tertiary/aromatic N) is 1. The summed E-state index contributed by atoms with van der Waals surface area (Å²) in [6.45, 7) is 1.88. The zero-order chi connectivity index (χ0) is 11.7. The van der Waals surface area contributed by atoms with Crippen LogP contribution in [0.5, 0.6) is 5.75 Å². The fourth-order valence-electron chi connectivity index (χ4n) is 1.69. The van der Waals surface area contributed by atoms with Gasteiger partial charge in [-0.1, -0.05) is 18.2 Å². The summed E-state index contributed by atoms with van der Waals surface area (Å²) in [4.78, 5) is 4.34. The third-order valence-electron chi connectivity index (χ3n) is 2.47. The molecule has 0 saturated heterocycles. The summed E-state index contributed by atoms with van der Waals surface area (Å²) in [7, 11) is -0.0633. The van der Waals surface area contributed by atoms with Crippen molar-refractivity contribution in [1.82, 2.24) is 4.98 Å². The lowest BCUT2D eigenvalue weighted by Crippen LogP contribution is -2.31. The quantitative estimate of drug-likeness (QED) is 0.707. The van der Waals surface area contributed by atoms with E-state index in [0.29, 0.717) is 16.7 Å². The van der Waals surface area contributed by atoms with Gasteiger partial charge >= 0.3 is 7.12 Å². The molecule has 0 unspecified atom stereocenters. The number of hydrogen-bond donors (Lipinski definition) is 2. The van der Waals surface area contributed by atoms with Crippen molar-refractivity contribution in [1.29, 1.82) is 0 Å². The number of rotatable bonds is 2. The first-order valence-corrected chi connectivity index (χ1v) is 4.94. The molecule has 4 nitrogen and oxygen atoms in total. The molecular weight excluding hydrogens is 205 g/mol. The second kappa shape index (κ2) is 4.12. The number of aryl methyl sites for hydroxylation is 1. The molecule has 0 radical (unpaired) electrons. The molecule has 0 atom stereocenters.